The van der Waals surface area contributed by atoms with Crippen molar-refractivity contribution in [2.24, 2.45) is 5.92 Å². The van der Waals surface area contributed by atoms with Gasteiger partial charge >= 0.3 is 5.97 Å². The normalized spacial score (nSPS) is 11.9. The smallest absolute Gasteiger partial charge is 0.326 e. The molecule has 0 spiro atoms. The van der Waals surface area contributed by atoms with Crippen molar-refractivity contribution in [3.05, 3.63) is 29.0 Å². The molecule has 10 heteroatoms. The van der Waals surface area contributed by atoms with Crippen molar-refractivity contribution in [3.8, 4) is 10.8 Å². The first-order chi connectivity index (χ1) is 12.8. The number of nitrogens with zero attached hydrogens (tertiary/aromatic N) is 3. The summed E-state index contributed by atoms with van der Waals surface area (Å²) in [6.07, 6.45) is 3.47. The van der Waals surface area contributed by atoms with Gasteiger partial charge in [-0.05, 0) is 25.3 Å². The van der Waals surface area contributed by atoms with E-state index in [1.807, 2.05) is 13.8 Å². The van der Waals surface area contributed by atoms with E-state index in [4.69, 9.17) is 5.11 Å². The number of carbonyl (C=O) groups is 3. The van der Waals surface area contributed by atoms with E-state index < -0.39 is 23.8 Å². The van der Waals surface area contributed by atoms with Crippen LogP contribution >= 0.6 is 11.3 Å². The van der Waals surface area contributed by atoms with Crippen molar-refractivity contribution < 1.29 is 19.5 Å². The quantitative estimate of drug-likeness (QED) is 0.616. The Morgan fingerprint density at radius 3 is 2.48 bits per heavy atom. The van der Waals surface area contributed by atoms with E-state index in [1.54, 1.807) is 25.4 Å². The number of carboxylic acid groups (broad SMARTS) is 1. The highest BCUT2D eigenvalue weighted by molar-refractivity contribution is 7.17. The average molecular weight is 391 g/mol. The van der Waals surface area contributed by atoms with Crippen molar-refractivity contribution in [1.29, 1.82) is 0 Å². The maximum atomic E-state index is 12.3. The maximum absolute atomic E-state index is 12.3. The Balaban J connectivity index is 1.96. The first-order valence-corrected chi connectivity index (χ1v) is 9.14. The van der Waals surface area contributed by atoms with Crippen LogP contribution < -0.4 is 10.6 Å². The lowest BCUT2D eigenvalue weighted by molar-refractivity contribution is -0.142. The van der Waals surface area contributed by atoms with Gasteiger partial charge in [-0.15, -0.1) is 11.3 Å². The third-order valence-corrected chi connectivity index (χ3v) is 4.66. The molecule has 0 bridgehead atoms. The van der Waals surface area contributed by atoms with Crippen LogP contribution in [0.25, 0.3) is 10.8 Å². The summed E-state index contributed by atoms with van der Waals surface area (Å²) in [7, 11) is 0. The van der Waals surface area contributed by atoms with E-state index in [0.29, 0.717) is 27.8 Å². The van der Waals surface area contributed by atoms with Crippen LogP contribution in [0.3, 0.4) is 0 Å². The molecule has 2 heterocycles. The third-order valence-electron chi connectivity index (χ3n) is 3.51. The minimum absolute atomic E-state index is 0.111. The van der Waals surface area contributed by atoms with E-state index in [0.717, 1.165) is 11.3 Å². The molecule has 0 unspecified atom stereocenters. The van der Waals surface area contributed by atoms with Crippen molar-refractivity contribution in [3.63, 3.8) is 0 Å². The molecule has 9 nitrogen and oxygen atoms in total. The molecule has 0 aliphatic heterocycles. The molecule has 1 atom stereocenters. The Kier molecular flexibility index (Phi) is 6.94. The summed E-state index contributed by atoms with van der Waals surface area (Å²) in [5, 5.41) is 14.6. The highest BCUT2D eigenvalue weighted by Crippen LogP contribution is 2.24. The number of carbonyl (C=O) groups excluding carboxylic acids is 2. The molecule has 0 fully saturated rings. The van der Waals surface area contributed by atoms with Crippen LogP contribution in [0.1, 0.15) is 35.6 Å². The molecule has 3 N–H and O–H groups in total. The third kappa shape index (κ3) is 5.81. The minimum atomic E-state index is -1.10. The lowest BCUT2D eigenvalue weighted by Gasteiger charge is -2.16. The van der Waals surface area contributed by atoms with Gasteiger partial charge in [0.15, 0.2) is 10.8 Å². The van der Waals surface area contributed by atoms with Crippen molar-refractivity contribution >= 4 is 29.1 Å². The predicted octanol–water partition coefficient (Wildman–Crippen LogP) is 1.25. The number of thiazole rings is 1. The second-order valence-corrected chi connectivity index (χ2v) is 7.28. The van der Waals surface area contributed by atoms with E-state index >= 15 is 0 Å². The summed E-state index contributed by atoms with van der Waals surface area (Å²) in [4.78, 5) is 48.3. The lowest BCUT2D eigenvalue weighted by Crippen LogP contribution is -2.46. The van der Waals surface area contributed by atoms with E-state index in [2.05, 4.69) is 25.6 Å². The van der Waals surface area contributed by atoms with Crippen LogP contribution in [0, 0.1) is 12.8 Å². The standard InChI is InChI=1S/C17H21N5O4S/c1-9(2)7-11(17(25)26)22-12(23)8-20-15(24)13-10(3)21-16(27-13)14-18-5-4-6-19-14/h4-6,9,11H,7-8H2,1-3H3,(H,20,24)(H,22,23)(H,25,26)/t11-/m0/s1. The van der Waals surface area contributed by atoms with Gasteiger partial charge in [0.2, 0.25) is 5.91 Å². The molecule has 0 aromatic carbocycles. The summed E-state index contributed by atoms with van der Waals surface area (Å²) in [5.41, 5.74) is 0.503. The molecular weight excluding hydrogens is 370 g/mol. The lowest BCUT2D eigenvalue weighted by atomic mass is 10.0. The van der Waals surface area contributed by atoms with E-state index in [1.165, 1.54) is 0 Å². The first-order valence-electron chi connectivity index (χ1n) is 8.33. The largest absolute Gasteiger partial charge is 0.480 e. The number of rotatable bonds is 8. The molecule has 0 saturated heterocycles. The van der Waals surface area contributed by atoms with Gasteiger partial charge in [0, 0.05) is 12.4 Å². The summed E-state index contributed by atoms with van der Waals surface area (Å²) in [6, 6.07) is 0.696. The van der Waals surface area contributed by atoms with Gasteiger partial charge < -0.3 is 15.7 Å². The molecule has 0 saturated carbocycles. The number of aromatic nitrogens is 3. The first kappa shape index (κ1) is 20.4. The molecule has 2 aromatic heterocycles. The fourth-order valence-corrected chi connectivity index (χ4v) is 3.22. The molecule has 27 heavy (non-hydrogen) atoms. The molecular formula is C17H21N5O4S. The number of aryl methyl sites for hydroxylation is 1. The molecule has 0 radical (unpaired) electrons. The van der Waals surface area contributed by atoms with Gasteiger partial charge in [0.1, 0.15) is 10.9 Å². The van der Waals surface area contributed by atoms with Crippen LogP contribution in [-0.4, -0.2) is 50.4 Å². The van der Waals surface area contributed by atoms with Crippen molar-refractivity contribution in [2.75, 3.05) is 6.54 Å². The van der Waals surface area contributed by atoms with Crippen LogP contribution in [-0.2, 0) is 9.59 Å². The van der Waals surface area contributed by atoms with E-state index in [9.17, 15) is 14.4 Å². The average Bonchev–Trinajstić information content (AvgIpc) is 3.01. The van der Waals surface area contributed by atoms with Gasteiger partial charge in [-0.3, -0.25) is 9.59 Å². The number of hydrogen-bond acceptors (Lipinski definition) is 7. The zero-order chi connectivity index (χ0) is 20.0. The Bertz CT molecular complexity index is 822. The number of aliphatic carboxylic acids is 1. The van der Waals surface area contributed by atoms with Gasteiger partial charge in [-0.2, -0.15) is 0 Å². The Morgan fingerprint density at radius 1 is 1.22 bits per heavy atom. The monoisotopic (exact) mass is 391 g/mol. The minimum Gasteiger partial charge on any atom is -0.480 e. The van der Waals surface area contributed by atoms with Crippen LogP contribution in [0.2, 0.25) is 0 Å². The number of amides is 2. The van der Waals surface area contributed by atoms with Gasteiger partial charge in [-0.1, -0.05) is 13.8 Å². The number of hydrogen-bond donors (Lipinski definition) is 3. The second kappa shape index (κ2) is 9.17. The molecule has 2 amide bonds. The Labute approximate surface area is 160 Å². The fraction of sp³-hybridized carbons (Fsp3) is 0.412. The highest BCUT2D eigenvalue weighted by atomic mass is 32.1. The number of carboxylic acids is 1. The zero-order valence-electron chi connectivity index (χ0n) is 15.2. The highest BCUT2D eigenvalue weighted by Gasteiger charge is 2.22. The second-order valence-electron chi connectivity index (χ2n) is 6.28. The molecule has 2 aromatic rings. The van der Waals surface area contributed by atoms with Crippen LogP contribution in [0.15, 0.2) is 18.5 Å². The van der Waals surface area contributed by atoms with Crippen LogP contribution in [0.4, 0.5) is 0 Å². The molecule has 0 aliphatic rings. The summed E-state index contributed by atoms with van der Waals surface area (Å²) in [5.74, 6) is -1.60. The van der Waals surface area contributed by atoms with Crippen LogP contribution in [0.5, 0.6) is 0 Å². The molecule has 0 aliphatic carbocycles. The maximum Gasteiger partial charge on any atom is 0.326 e. The Morgan fingerprint density at radius 2 is 1.89 bits per heavy atom. The summed E-state index contributed by atoms with van der Waals surface area (Å²) in [6.45, 7) is 5.09. The molecule has 2 rings (SSSR count). The van der Waals surface area contributed by atoms with Crippen molar-refractivity contribution in [2.45, 2.75) is 33.2 Å². The SMILES string of the molecule is Cc1nc(-c2ncccn2)sc1C(=O)NCC(=O)N[C@@H](CC(C)C)C(=O)O. The summed E-state index contributed by atoms with van der Waals surface area (Å²) >= 11 is 1.13. The fourth-order valence-electron chi connectivity index (χ4n) is 2.29. The Hall–Kier alpha value is -2.88. The number of nitrogens with one attached hydrogen (secondary N) is 2. The van der Waals surface area contributed by atoms with E-state index in [-0.39, 0.29) is 12.5 Å². The molecule has 144 valence electrons. The summed E-state index contributed by atoms with van der Waals surface area (Å²) < 4.78 is 0. The predicted molar refractivity (Wildman–Crippen MR) is 99.2 cm³/mol. The van der Waals surface area contributed by atoms with Gasteiger partial charge in [0.05, 0.1) is 12.2 Å². The van der Waals surface area contributed by atoms with Crippen molar-refractivity contribution in [1.82, 2.24) is 25.6 Å². The van der Waals surface area contributed by atoms with Gasteiger partial charge in [0.25, 0.3) is 5.91 Å². The van der Waals surface area contributed by atoms with Gasteiger partial charge in [-0.25, -0.2) is 19.7 Å². The topological polar surface area (TPSA) is 134 Å². The zero-order valence-corrected chi connectivity index (χ0v) is 16.0.